The molecule has 0 aliphatic heterocycles. The maximum atomic E-state index is 12.9. The Morgan fingerprint density at radius 1 is 1.64 bits per heavy atom. The molecule has 0 saturated heterocycles. The van der Waals surface area contributed by atoms with Crippen LogP contribution in [0.1, 0.15) is 0 Å². The normalized spacial score (nSPS) is 14.7. The first-order chi connectivity index (χ1) is 6.34. The summed E-state index contributed by atoms with van der Waals surface area (Å²) >= 11 is 0.567. The van der Waals surface area contributed by atoms with Crippen LogP contribution in [0.2, 0.25) is 0 Å². The van der Waals surface area contributed by atoms with Crippen molar-refractivity contribution < 1.29 is 17.8 Å². The summed E-state index contributed by atoms with van der Waals surface area (Å²) in [4.78, 5) is 10.4. The lowest BCUT2D eigenvalue weighted by Gasteiger charge is -2.06. The van der Waals surface area contributed by atoms with Crippen LogP contribution < -0.4 is 10.5 Å². The Balaban J connectivity index is 3.17. The van der Waals surface area contributed by atoms with E-state index in [4.69, 9.17) is 5.73 Å². The molecule has 0 bridgehead atoms. The predicted molar refractivity (Wildman–Crippen MR) is 50.5 cm³/mol. The van der Waals surface area contributed by atoms with E-state index in [1.165, 1.54) is 0 Å². The van der Waals surface area contributed by atoms with Gasteiger partial charge in [-0.25, -0.2) is 17.8 Å². The van der Waals surface area contributed by atoms with E-state index in [-0.39, 0.29) is 0 Å². The summed E-state index contributed by atoms with van der Waals surface area (Å²) in [5, 5.41) is 0.832. The molecule has 0 aliphatic carbocycles. The molecule has 1 heterocycles. The van der Waals surface area contributed by atoms with Gasteiger partial charge in [-0.2, -0.15) is 0 Å². The van der Waals surface area contributed by atoms with Gasteiger partial charge in [-0.3, -0.25) is 4.72 Å². The highest BCUT2D eigenvalue weighted by molar-refractivity contribution is 8.00. The highest BCUT2D eigenvalue weighted by atomic mass is 32.2. The van der Waals surface area contributed by atoms with Crippen LogP contribution in [0.15, 0.2) is 9.59 Å². The SMILES string of the molecule is C=S(=O)(NC(N)=O)c1scc(F)c1F. The molecule has 3 N–H and O–H groups in total. The first-order valence-corrected chi connectivity index (χ1v) is 5.82. The van der Waals surface area contributed by atoms with E-state index in [0.29, 0.717) is 11.3 Å². The molecule has 0 radical (unpaired) electrons. The Hall–Kier alpha value is -1.15. The van der Waals surface area contributed by atoms with Gasteiger partial charge >= 0.3 is 6.03 Å². The number of halogens is 2. The minimum Gasteiger partial charge on any atom is -0.351 e. The van der Waals surface area contributed by atoms with Crippen LogP contribution >= 0.6 is 11.3 Å². The van der Waals surface area contributed by atoms with E-state index < -0.39 is 31.6 Å². The van der Waals surface area contributed by atoms with Crippen LogP contribution in [0.5, 0.6) is 0 Å². The van der Waals surface area contributed by atoms with Crippen LogP contribution in [-0.2, 0) is 9.71 Å². The third-order valence-corrected chi connectivity index (χ3v) is 4.35. The van der Waals surface area contributed by atoms with Crippen molar-refractivity contribution in [3.05, 3.63) is 17.0 Å². The summed E-state index contributed by atoms with van der Waals surface area (Å²) in [6.45, 7) is 0. The van der Waals surface area contributed by atoms with Gasteiger partial charge in [-0.05, 0) is 5.87 Å². The zero-order valence-corrected chi connectivity index (χ0v) is 8.38. The second kappa shape index (κ2) is 3.54. The maximum absolute atomic E-state index is 12.9. The first kappa shape index (κ1) is 10.9. The molecule has 1 unspecified atom stereocenters. The van der Waals surface area contributed by atoms with E-state index in [9.17, 15) is 17.8 Å². The molecule has 78 valence electrons. The van der Waals surface area contributed by atoms with E-state index >= 15 is 0 Å². The number of nitrogens with two attached hydrogens (primary N) is 1. The summed E-state index contributed by atoms with van der Waals surface area (Å²) in [6, 6.07) is -1.11. The molecule has 0 saturated carbocycles. The molecule has 4 nitrogen and oxygen atoms in total. The lowest BCUT2D eigenvalue weighted by atomic mass is 10.6. The number of hydrogen-bond acceptors (Lipinski definition) is 3. The van der Waals surface area contributed by atoms with Crippen LogP contribution in [0.3, 0.4) is 0 Å². The summed E-state index contributed by atoms with van der Waals surface area (Å²) in [5.41, 5.74) is 4.69. The molecular weight excluding hydrogens is 234 g/mol. The molecule has 1 aromatic rings. The average molecular weight is 240 g/mol. The second-order valence-electron chi connectivity index (χ2n) is 2.33. The van der Waals surface area contributed by atoms with Crippen LogP contribution in [0, 0.1) is 11.6 Å². The van der Waals surface area contributed by atoms with Gasteiger partial charge in [0.2, 0.25) is 0 Å². The van der Waals surface area contributed by atoms with Crippen molar-refractivity contribution in [3.63, 3.8) is 0 Å². The smallest absolute Gasteiger partial charge is 0.323 e. The number of nitrogens with one attached hydrogen (secondary N) is 1. The standard InChI is InChI=1S/C6H6F2N2O2S2/c1-14(12,10-6(9)11)5-4(8)3(7)2-13-5/h2H,1H2,(H3,9,10,11,12). The molecule has 0 aliphatic rings. The molecule has 2 amide bonds. The Morgan fingerprint density at radius 2 is 2.21 bits per heavy atom. The number of rotatable bonds is 2. The van der Waals surface area contributed by atoms with E-state index in [0.717, 1.165) is 5.38 Å². The van der Waals surface area contributed by atoms with Gasteiger partial charge in [0.15, 0.2) is 11.6 Å². The van der Waals surface area contributed by atoms with Crippen LogP contribution in [0.25, 0.3) is 0 Å². The molecule has 1 aromatic heterocycles. The zero-order valence-electron chi connectivity index (χ0n) is 6.75. The number of amides is 2. The summed E-state index contributed by atoms with van der Waals surface area (Å²) in [6.07, 6.45) is 0. The molecule has 0 spiro atoms. The number of thiophene rings is 1. The summed E-state index contributed by atoms with van der Waals surface area (Å²) in [7, 11) is -3.39. The van der Waals surface area contributed by atoms with Crippen molar-refractivity contribution in [2.24, 2.45) is 5.73 Å². The van der Waals surface area contributed by atoms with Crippen molar-refractivity contribution in [1.29, 1.82) is 0 Å². The lowest BCUT2D eigenvalue weighted by molar-refractivity contribution is 0.254. The average Bonchev–Trinajstić information content (AvgIpc) is 2.30. The Bertz CT molecular complexity index is 466. The van der Waals surface area contributed by atoms with Gasteiger partial charge in [-0.15, -0.1) is 11.3 Å². The first-order valence-electron chi connectivity index (χ1n) is 3.21. The molecule has 8 heteroatoms. The van der Waals surface area contributed by atoms with Crippen molar-refractivity contribution in [1.82, 2.24) is 4.72 Å². The Morgan fingerprint density at radius 3 is 2.57 bits per heavy atom. The number of carbonyl (C=O) groups is 1. The molecular formula is C6H6F2N2O2S2. The monoisotopic (exact) mass is 240 g/mol. The van der Waals surface area contributed by atoms with Crippen molar-refractivity contribution in [3.8, 4) is 0 Å². The topological polar surface area (TPSA) is 72.2 Å². The Kier molecular flexibility index (Phi) is 2.76. The molecule has 1 atom stereocenters. The quantitative estimate of drug-likeness (QED) is 0.746. The van der Waals surface area contributed by atoms with E-state index in [1.807, 2.05) is 0 Å². The third kappa shape index (κ3) is 2.02. The highest BCUT2D eigenvalue weighted by Gasteiger charge is 2.20. The highest BCUT2D eigenvalue weighted by Crippen LogP contribution is 2.23. The Labute approximate surface area is 82.9 Å². The molecule has 0 aromatic carbocycles. The van der Waals surface area contributed by atoms with Gasteiger partial charge in [0.05, 0.1) is 9.71 Å². The van der Waals surface area contributed by atoms with E-state index in [1.54, 1.807) is 4.72 Å². The number of primary amides is 1. The minimum atomic E-state index is -3.39. The fourth-order valence-electron chi connectivity index (χ4n) is 0.738. The van der Waals surface area contributed by atoms with Crippen LogP contribution in [-0.4, -0.2) is 16.1 Å². The fourth-order valence-corrected chi connectivity index (χ4v) is 2.95. The minimum absolute atomic E-state index is 0.464. The van der Waals surface area contributed by atoms with E-state index in [2.05, 4.69) is 5.87 Å². The second-order valence-corrected chi connectivity index (χ2v) is 5.43. The van der Waals surface area contributed by atoms with Crippen molar-refractivity contribution >= 4 is 32.9 Å². The number of urea groups is 1. The van der Waals surface area contributed by atoms with Gasteiger partial charge < -0.3 is 5.73 Å². The van der Waals surface area contributed by atoms with Gasteiger partial charge in [0.1, 0.15) is 4.21 Å². The molecule has 0 fully saturated rings. The summed E-state index contributed by atoms with van der Waals surface area (Å²) in [5.74, 6) is 0.668. The fraction of sp³-hybridized carbons (Fsp3) is 0. The largest absolute Gasteiger partial charge is 0.351 e. The lowest BCUT2D eigenvalue weighted by Crippen LogP contribution is -2.34. The van der Waals surface area contributed by atoms with Gasteiger partial charge in [0, 0.05) is 5.38 Å². The van der Waals surface area contributed by atoms with Gasteiger partial charge in [0.25, 0.3) is 0 Å². The summed E-state index contributed by atoms with van der Waals surface area (Å²) < 4.78 is 38.3. The molecule has 14 heavy (non-hydrogen) atoms. The maximum Gasteiger partial charge on any atom is 0.323 e. The predicted octanol–water partition coefficient (Wildman–Crippen LogP) is 0.685. The zero-order chi connectivity index (χ0) is 10.9. The van der Waals surface area contributed by atoms with Crippen molar-refractivity contribution in [2.45, 2.75) is 4.21 Å². The number of carbonyl (C=O) groups excluding carboxylic acids is 1. The number of hydrogen-bond donors (Lipinski definition) is 2. The van der Waals surface area contributed by atoms with Crippen LogP contribution in [0.4, 0.5) is 13.6 Å². The third-order valence-electron chi connectivity index (χ3n) is 1.22. The molecule has 1 rings (SSSR count). The van der Waals surface area contributed by atoms with Crippen molar-refractivity contribution in [2.75, 3.05) is 0 Å². The van der Waals surface area contributed by atoms with Gasteiger partial charge in [-0.1, -0.05) is 0 Å².